The molecule has 0 aromatic carbocycles. The normalized spacial score (nSPS) is 12.9. The van der Waals surface area contributed by atoms with Crippen LogP contribution in [-0.2, 0) is 4.79 Å². The second-order valence-electron chi connectivity index (χ2n) is 17.9. The lowest BCUT2D eigenvalue weighted by molar-refractivity contribution is -0.123. The van der Waals surface area contributed by atoms with E-state index in [0.29, 0.717) is 12.8 Å². The molecular weight excluding hydrogens is 687 g/mol. The van der Waals surface area contributed by atoms with E-state index < -0.39 is 12.1 Å². The first-order chi connectivity index (χ1) is 27.7. The average molecular weight is 790 g/mol. The van der Waals surface area contributed by atoms with Crippen LogP contribution in [-0.4, -0.2) is 34.9 Å². The maximum atomic E-state index is 12.5. The van der Waals surface area contributed by atoms with Crippen molar-refractivity contribution in [3.63, 3.8) is 0 Å². The highest BCUT2D eigenvalue weighted by Gasteiger charge is 2.20. The molecule has 334 valence electrons. The summed E-state index contributed by atoms with van der Waals surface area (Å²) < 4.78 is 0. The summed E-state index contributed by atoms with van der Waals surface area (Å²) in [4.78, 5) is 12.5. The first kappa shape index (κ1) is 55.1. The predicted octanol–water partition coefficient (Wildman–Crippen LogP) is 16.6. The highest BCUT2D eigenvalue weighted by Crippen LogP contribution is 2.17. The van der Waals surface area contributed by atoms with Crippen LogP contribution in [0.25, 0.3) is 0 Å². The molecule has 4 nitrogen and oxygen atoms in total. The van der Waals surface area contributed by atoms with Crippen LogP contribution in [0.4, 0.5) is 0 Å². The fourth-order valence-corrected chi connectivity index (χ4v) is 8.30. The van der Waals surface area contributed by atoms with Crippen LogP contribution >= 0.6 is 0 Å². The van der Waals surface area contributed by atoms with Crippen LogP contribution in [0.15, 0.2) is 12.2 Å². The summed E-state index contributed by atoms with van der Waals surface area (Å²) in [6.07, 6.45) is 61.8. The van der Waals surface area contributed by atoms with Crippen molar-refractivity contribution in [1.29, 1.82) is 0 Å². The van der Waals surface area contributed by atoms with Crippen LogP contribution in [0, 0.1) is 0 Å². The summed E-state index contributed by atoms with van der Waals surface area (Å²) in [6, 6.07) is -0.532. The van der Waals surface area contributed by atoms with Gasteiger partial charge in [-0.2, -0.15) is 0 Å². The molecule has 0 aromatic rings. The summed E-state index contributed by atoms with van der Waals surface area (Å²) >= 11 is 0. The lowest BCUT2D eigenvalue weighted by atomic mass is 10.0. The summed E-state index contributed by atoms with van der Waals surface area (Å²) in [6.45, 7) is 4.39. The highest BCUT2D eigenvalue weighted by molar-refractivity contribution is 5.76. The van der Waals surface area contributed by atoms with Gasteiger partial charge in [0.1, 0.15) is 0 Å². The molecule has 0 heterocycles. The van der Waals surface area contributed by atoms with Gasteiger partial charge in [-0.15, -0.1) is 0 Å². The SMILES string of the molecule is CCCCCCCCCC/C=C\CCCCCCCCCCCCCCCCCC(=O)NC(CO)C(O)CCCCCCCCCCCCCCCCCCC. The van der Waals surface area contributed by atoms with E-state index >= 15 is 0 Å². The van der Waals surface area contributed by atoms with Crippen molar-refractivity contribution in [3.8, 4) is 0 Å². The Kier molecular flexibility index (Phi) is 47.7. The Morgan fingerprint density at radius 3 is 0.982 bits per heavy atom. The number of aliphatic hydroxyl groups is 2. The van der Waals surface area contributed by atoms with Gasteiger partial charge in [-0.1, -0.05) is 264 Å². The highest BCUT2D eigenvalue weighted by atomic mass is 16.3. The molecule has 0 aliphatic carbocycles. The lowest BCUT2D eigenvalue weighted by Gasteiger charge is -2.22. The van der Waals surface area contributed by atoms with E-state index in [4.69, 9.17) is 0 Å². The molecule has 2 atom stereocenters. The molecule has 4 heteroatoms. The molecule has 0 aliphatic heterocycles. The Labute approximate surface area is 352 Å². The van der Waals surface area contributed by atoms with E-state index in [2.05, 4.69) is 31.3 Å². The Morgan fingerprint density at radius 2 is 0.679 bits per heavy atom. The second-order valence-corrected chi connectivity index (χ2v) is 17.9. The van der Waals surface area contributed by atoms with E-state index in [1.807, 2.05) is 0 Å². The number of rotatable bonds is 48. The van der Waals surface area contributed by atoms with Crippen molar-refractivity contribution in [2.75, 3.05) is 6.61 Å². The van der Waals surface area contributed by atoms with E-state index in [1.165, 1.54) is 244 Å². The Balaban J connectivity index is 3.43. The fraction of sp³-hybridized carbons (Fsp3) is 0.942. The van der Waals surface area contributed by atoms with E-state index in [0.717, 1.165) is 25.7 Å². The van der Waals surface area contributed by atoms with Gasteiger partial charge in [-0.05, 0) is 38.5 Å². The maximum absolute atomic E-state index is 12.5. The largest absolute Gasteiger partial charge is 0.394 e. The van der Waals surface area contributed by atoms with Crippen molar-refractivity contribution in [3.05, 3.63) is 12.2 Å². The van der Waals surface area contributed by atoms with Crippen LogP contribution < -0.4 is 5.32 Å². The molecule has 0 fully saturated rings. The lowest BCUT2D eigenvalue weighted by Crippen LogP contribution is -2.45. The third-order valence-corrected chi connectivity index (χ3v) is 12.3. The van der Waals surface area contributed by atoms with Gasteiger partial charge in [0.25, 0.3) is 0 Å². The van der Waals surface area contributed by atoms with Crippen LogP contribution in [0.3, 0.4) is 0 Å². The maximum Gasteiger partial charge on any atom is 0.220 e. The summed E-state index contributed by atoms with van der Waals surface area (Å²) in [7, 11) is 0. The van der Waals surface area contributed by atoms with Crippen LogP contribution in [0.5, 0.6) is 0 Å². The molecular formula is C52H103NO3. The number of unbranched alkanes of at least 4 members (excludes halogenated alkanes) is 39. The van der Waals surface area contributed by atoms with Crippen molar-refractivity contribution in [2.45, 2.75) is 309 Å². The molecule has 0 radical (unpaired) electrons. The first-order valence-electron chi connectivity index (χ1n) is 25.9. The number of carbonyl (C=O) groups excluding carboxylic acids is 1. The fourth-order valence-electron chi connectivity index (χ4n) is 8.30. The Hall–Kier alpha value is -0.870. The quantitative estimate of drug-likeness (QED) is 0.0425. The van der Waals surface area contributed by atoms with Gasteiger partial charge in [-0.3, -0.25) is 4.79 Å². The minimum atomic E-state index is -0.656. The third kappa shape index (κ3) is 44.2. The summed E-state index contributed by atoms with van der Waals surface area (Å²) in [5.74, 6) is -0.0257. The molecule has 0 saturated carbocycles. The second kappa shape index (κ2) is 48.5. The smallest absolute Gasteiger partial charge is 0.220 e. The van der Waals surface area contributed by atoms with Gasteiger partial charge < -0.3 is 15.5 Å². The first-order valence-corrected chi connectivity index (χ1v) is 25.9. The molecule has 0 spiro atoms. The molecule has 1 amide bonds. The van der Waals surface area contributed by atoms with Crippen molar-refractivity contribution in [2.24, 2.45) is 0 Å². The Morgan fingerprint density at radius 1 is 0.411 bits per heavy atom. The number of carbonyl (C=O) groups is 1. The topological polar surface area (TPSA) is 69.6 Å². The van der Waals surface area contributed by atoms with Crippen LogP contribution in [0.1, 0.15) is 296 Å². The van der Waals surface area contributed by atoms with Gasteiger partial charge in [0.2, 0.25) is 5.91 Å². The molecule has 3 N–H and O–H groups in total. The average Bonchev–Trinajstić information content (AvgIpc) is 3.20. The summed E-state index contributed by atoms with van der Waals surface area (Å²) in [5.41, 5.74) is 0. The molecule has 0 bridgehead atoms. The zero-order valence-electron chi connectivity index (χ0n) is 38.4. The molecule has 0 rings (SSSR count). The van der Waals surface area contributed by atoms with E-state index in [9.17, 15) is 15.0 Å². The molecule has 0 aromatic heterocycles. The van der Waals surface area contributed by atoms with Gasteiger partial charge in [-0.25, -0.2) is 0 Å². The van der Waals surface area contributed by atoms with Gasteiger partial charge >= 0.3 is 0 Å². The van der Waals surface area contributed by atoms with Gasteiger partial charge in [0, 0.05) is 6.42 Å². The molecule has 0 aliphatic rings. The zero-order valence-corrected chi connectivity index (χ0v) is 38.4. The third-order valence-electron chi connectivity index (χ3n) is 12.3. The minimum absolute atomic E-state index is 0.0257. The zero-order chi connectivity index (χ0) is 40.7. The Bertz CT molecular complexity index is 769. The molecule has 2 unspecified atom stereocenters. The number of amides is 1. The number of allylic oxidation sites excluding steroid dienone is 2. The minimum Gasteiger partial charge on any atom is -0.394 e. The van der Waals surface area contributed by atoms with E-state index in [-0.39, 0.29) is 12.5 Å². The number of aliphatic hydroxyl groups excluding tert-OH is 2. The van der Waals surface area contributed by atoms with Gasteiger partial charge in [0.05, 0.1) is 18.8 Å². The number of nitrogens with one attached hydrogen (secondary N) is 1. The van der Waals surface area contributed by atoms with Gasteiger partial charge in [0.15, 0.2) is 0 Å². The predicted molar refractivity (Wildman–Crippen MR) is 249 cm³/mol. The number of hydrogen-bond acceptors (Lipinski definition) is 3. The van der Waals surface area contributed by atoms with Crippen molar-refractivity contribution >= 4 is 5.91 Å². The number of hydrogen-bond donors (Lipinski definition) is 3. The standard InChI is InChI=1S/C52H103NO3/c1-3-5-7-9-11-13-15-17-19-21-22-23-24-25-26-27-28-29-30-32-34-36-38-40-42-44-46-48-52(56)53-50(49-54)51(55)47-45-43-41-39-37-35-33-31-20-18-16-14-12-10-8-6-4-2/h21-22,50-51,54-55H,3-20,23-49H2,1-2H3,(H,53,56)/b22-21-. The van der Waals surface area contributed by atoms with E-state index in [1.54, 1.807) is 0 Å². The van der Waals surface area contributed by atoms with Crippen LogP contribution in [0.2, 0.25) is 0 Å². The molecule has 0 saturated heterocycles. The van der Waals surface area contributed by atoms with Crippen molar-refractivity contribution < 1.29 is 15.0 Å². The molecule has 56 heavy (non-hydrogen) atoms. The monoisotopic (exact) mass is 790 g/mol. The van der Waals surface area contributed by atoms with Crippen molar-refractivity contribution in [1.82, 2.24) is 5.32 Å². The summed E-state index contributed by atoms with van der Waals surface area (Å²) in [5, 5.41) is 23.3.